The van der Waals surface area contributed by atoms with E-state index in [1.54, 1.807) is 0 Å². The van der Waals surface area contributed by atoms with Crippen LogP contribution in [0.25, 0.3) is 27.8 Å². The maximum atomic E-state index is 5.92. The normalized spacial score (nSPS) is 11.0. The number of ether oxygens (including phenoxy) is 1. The molecule has 0 aliphatic rings. The highest BCUT2D eigenvalue weighted by molar-refractivity contribution is 5.88. The molecule has 0 atom stereocenters. The molecule has 5 rings (SSSR count). The van der Waals surface area contributed by atoms with E-state index in [2.05, 4.69) is 22.3 Å². The van der Waals surface area contributed by atoms with Crippen molar-refractivity contribution in [3.8, 4) is 22.8 Å². The predicted octanol–water partition coefficient (Wildman–Crippen LogP) is 5.26. The van der Waals surface area contributed by atoms with E-state index in [0.29, 0.717) is 11.7 Å². The van der Waals surface area contributed by atoms with E-state index < -0.39 is 0 Å². The zero-order valence-corrected chi connectivity index (χ0v) is 15.0. The standard InChI is InChI=1S/C23H17N3O2/c1-2-8-20-17(6-1)7-5-9-21(20)27-16-22-24-23(25-28-22)18-10-12-19(13-11-18)26-14-3-4-15-26/h1-15H,16H2. The second-order valence-corrected chi connectivity index (χ2v) is 6.41. The summed E-state index contributed by atoms with van der Waals surface area (Å²) < 4.78 is 13.3. The van der Waals surface area contributed by atoms with Crippen molar-refractivity contribution >= 4 is 10.8 Å². The van der Waals surface area contributed by atoms with Crippen molar-refractivity contribution in [3.05, 3.63) is 97.1 Å². The molecule has 0 aliphatic carbocycles. The Bertz CT molecular complexity index is 1200. The smallest absolute Gasteiger partial charge is 0.264 e. The third-order valence-corrected chi connectivity index (χ3v) is 4.60. The largest absolute Gasteiger partial charge is 0.483 e. The Morgan fingerprint density at radius 1 is 0.821 bits per heavy atom. The van der Waals surface area contributed by atoms with Gasteiger partial charge in [-0.2, -0.15) is 4.98 Å². The van der Waals surface area contributed by atoms with Crippen LogP contribution in [-0.4, -0.2) is 14.7 Å². The van der Waals surface area contributed by atoms with Gasteiger partial charge in [-0.05, 0) is 47.9 Å². The van der Waals surface area contributed by atoms with E-state index >= 15 is 0 Å². The van der Waals surface area contributed by atoms with Gasteiger partial charge in [-0.25, -0.2) is 0 Å². The Morgan fingerprint density at radius 3 is 2.46 bits per heavy atom. The van der Waals surface area contributed by atoms with E-state index in [1.807, 2.05) is 83.7 Å². The predicted molar refractivity (Wildman–Crippen MR) is 107 cm³/mol. The first kappa shape index (κ1) is 16.3. The molecular formula is C23H17N3O2. The molecule has 0 spiro atoms. The van der Waals surface area contributed by atoms with Crippen molar-refractivity contribution in [2.24, 2.45) is 0 Å². The summed E-state index contributed by atoms with van der Waals surface area (Å²) in [6.07, 6.45) is 4.01. The Labute approximate surface area is 161 Å². The van der Waals surface area contributed by atoms with Gasteiger partial charge in [-0.1, -0.05) is 41.6 Å². The van der Waals surface area contributed by atoms with Crippen LogP contribution in [-0.2, 0) is 6.61 Å². The fourth-order valence-electron chi connectivity index (χ4n) is 3.18. The zero-order valence-electron chi connectivity index (χ0n) is 15.0. The van der Waals surface area contributed by atoms with Crippen LogP contribution in [0.1, 0.15) is 5.89 Å². The fourth-order valence-corrected chi connectivity index (χ4v) is 3.18. The summed E-state index contributed by atoms with van der Waals surface area (Å²) in [5.74, 6) is 1.79. The molecule has 5 heteroatoms. The third kappa shape index (κ3) is 3.14. The van der Waals surface area contributed by atoms with E-state index in [-0.39, 0.29) is 6.61 Å². The highest BCUT2D eigenvalue weighted by Gasteiger charge is 2.10. The summed E-state index contributed by atoms with van der Waals surface area (Å²) in [6, 6.07) is 26.1. The van der Waals surface area contributed by atoms with Gasteiger partial charge in [-0.15, -0.1) is 0 Å². The van der Waals surface area contributed by atoms with E-state index in [1.165, 1.54) is 0 Å². The first-order valence-corrected chi connectivity index (χ1v) is 9.04. The Morgan fingerprint density at radius 2 is 1.61 bits per heavy atom. The molecule has 5 nitrogen and oxygen atoms in total. The lowest BCUT2D eigenvalue weighted by molar-refractivity contribution is 0.245. The molecule has 0 radical (unpaired) electrons. The van der Waals surface area contributed by atoms with Crippen molar-refractivity contribution < 1.29 is 9.26 Å². The minimum absolute atomic E-state index is 0.225. The van der Waals surface area contributed by atoms with Crippen LogP contribution in [0.15, 0.2) is 95.8 Å². The molecule has 0 aliphatic heterocycles. The lowest BCUT2D eigenvalue weighted by Crippen LogP contribution is -1.96. The highest BCUT2D eigenvalue weighted by Crippen LogP contribution is 2.26. The summed E-state index contributed by atoms with van der Waals surface area (Å²) in [4.78, 5) is 4.46. The van der Waals surface area contributed by atoms with Gasteiger partial charge in [0.05, 0.1) is 0 Å². The van der Waals surface area contributed by atoms with E-state index in [9.17, 15) is 0 Å². The SMILES string of the molecule is c1ccc2c(OCc3nc(-c4ccc(-n5cccc5)cc4)no3)cccc2c1. The first-order valence-electron chi connectivity index (χ1n) is 9.04. The molecule has 28 heavy (non-hydrogen) atoms. The number of nitrogens with zero attached hydrogens (tertiary/aromatic N) is 3. The number of benzene rings is 3. The van der Waals surface area contributed by atoms with Gasteiger partial charge >= 0.3 is 0 Å². The molecule has 2 aromatic heterocycles. The molecule has 0 saturated heterocycles. The minimum Gasteiger partial charge on any atom is -0.483 e. The van der Waals surface area contributed by atoms with Gasteiger partial charge in [0.1, 0.15) is 5.75 Å². The lowest BCUT2D eigenvalue weighted by Gasteiger charge is -2.06. The van der Waals surface area contributed by atoms with Crippen LogP contribution in [0.3, 0.4) is 0 Å². The maximum absolute atomic E-state index is 5.92. The monoisotopic (exact) mass is 367 g/mol. The van der Waals surface area contributed by atoms with Crippen molar-refractivity contribution in [2.45, 2.75) is 6.61 Å². The van der Waals surface area contributed by atoms with Gasteiger partial charge in [0.25, 0.3) is 5.89 Å². The molecule has 3 aromatic carbocycles. The maximum Gasteiger partial charge on any atom is 0.264 e. The molecular weight excluding hydrogens is 350 g/mol. The van der Waals surface area contributed by atoms with Crippen molar-refractivity contribution in [2.75, 3.05) is 0 Å². The lowest BCUT2D eigenvalue weighted by atomic mass is 10.1. The Hall–Kier alpha value is -3.86. The van der Waals surface area contributed by atoms with Crippen LogP contribution in [0, 0.1) is 0 Å². The number of hydrogen-bond donors (Lipinski definition) is 0. The zero-order chi connectivity index (χ0) is 18.8. The van der Waals surface area contributed by atoms with Crippen molar-refractivity contribution in [1.29, 1.82) is 0 Å². The summed E-state index contributed by atoms with van der Waals surface area (Å²) in [6.45, 7) is 0.225. The Balaban J connectivity index is 1.32. The fraction of sp³-hybridized carbons (Fsp3) is 0.0435. The minimum atomic E-state index is 0.225. The quantitative estimate of drug-likeness (QED) is 0.425. The van der Waals surface area contributed by atoms with Gasteiger partial charge in [0.2, 0.25) is 5.82 Å². The summed E-state index contributed by atoms with van der Waals surface area (Å²) in [5, 5.41) is 6.27. The van der Waals surface area contributed by atoms with Crippen LogP contribution in [0.5, 0.6) is 5.75 Å². The summed E-state index contributed by atoms with van der Waals surface area (Å²) >= 11 is 0. The average molecular weight is 367 g/mol. The molecule has 2 heterocycles. The number of aromatic nitrogens is 3. The van der Waals surface area contributed by atoms with Gasteiger partial charge in [-0.3, -0.25) is 0 Å². The average Bonchev–Trinajstić information content (AvgIpc) is 3.45. The Kier molecular flexibility index (Phi) is 4.10. The van der Waals surface area contributed by atoms with Gasteiger partial charge < -0.3 is 13.8 Å². The second-order valence-electron chi connectivity index (χ2n) is 6.41. The topological polar surface area (TPSA) is 53.1 Å². The number of fused-ring (bicyclic) bond motifs is 1. The molecule has 0 bridgehead atoms. The van der Waals surface area contributed by atoms with E-state index in [0.717, 1.165) is 27.8 Å². The van der Waals surface area contributed by atoms with Crippen LogP contribution in [0.2, 0.25) is 0 Å². The molecule has 0 unspecified atom stereocenters. The number of rotatable bonds is 5. The first-order chi connectivity index (χ1) is 13.9. The number of hydrogen-bond acceptors (Lipinski definition) is 4. The second kappa shape index (κ2) is 7.04. The van der Waals surface area contributed by atoms with E-state index in [4.69, 9.17) is 9.26 Å². The van der Waals surface area contributed by atoms with Crippen LogP contribution < -0.4 is 4.74 Å². The van der Waals surface area contributed by atoms with Gasteiger partial charge in [0, 0.05) is 29.0 Å². The molecule has 0 N–H and O–H groups in total. The summed E-state index contributed by atoms with van der Waals surface area (Å²) in [5.41, 5.74) is 1.98. The van der Waals surface area contributed by atoms with Crippen molar-refractivity contribution in [1.82, 2.24) is 14.7 Å². The van der Waals surface area contributed by atoms with Crippen LogP contribution >= 0.6 is 0 Å². The highest BCUT2D eigenvalue weighted by atomic mass is 16.5. The van der Waals surface area contributed by atoms with Crippen molar-refractivity contribution in [3.63, 3.8) is 0 Å². The molecule has 5 aromatic rings. The molecule has 0 fully saturated rings. The molecule has 0 saturated carbocycles. The molecule has 0 amide bonds. The summed E-state index contributed by atoms with van der Waals surface area (Å²) in [7, 11) is 0. The van der Waals surface area contributed by atoms with Gasteiger partial charge in [0.15, 0.2) is 6.61 Å². The third-order valence-electron chi connectivity index (χ3n) is 4.60. The molecule has 136 valence electrons. The van der Waals surface area contributed by atoms with Crippen LogP contribution in [0.4, 0.5) is 0 Å².